The monoisotopic (exact) mass is 286 g/mol. The Bertz CT molecular complexity index is 798. The van der Waals surface area contributed by atoms with Crippen LogP contribution in [0.2, 0.25) is 0 Å². The van der Waals surface area contributed by atoms with Crippen molar-refractivity contribution in [3.05, 3.63) is 52.1 Å². The van der Waals surface area contributed by atoms with Gasteiger partial charge in [0.2, 0.25) is 5.52 Å². The van der Waals surface area contributed by atoms with Crippen LogP contribution in [-0.4, -0.2) is 20.3 Å². The Labute approximate surface area is 118 Å². The lowest BCUT2D eigenvalue weighted by Crippen LogP contribution is -2.00. The number of nitrogens with zero attached hydrogens (tertiary/aromatic N) is 3. The average molecular weight is 286 g/mol. The Morgan fingerprint density at radius 1 is 1.14 bits per heavy atom. The minimum atomic E-state index is -0.531. The van der Waals surface area contributed by atoms with Crippen LogP contribution in [0.5, 0.6) is 5.75 Å². The van der Waals surface area contributed by atoms with Crippen molar-refractivity contribution in [1.82, 2.24) is 10.3 Å². The van der Waals surface area contributed by atoms with Gasteiger partial charge in [0, 0.05) is 12.6 Å². The molecule has 8 heteroatoms. The zero-order chi connectivity index (χ0) is 14.8. The highest BCUT2D eigenvalue weighted by Crippen LogP contribution is 2.28. The van der Waals surface area contributed by atoms with E-state index in [1.165, 1.54) is 6.07 Å². The van der Waals surface area contributed by atoms with Crippen molar-refractivity contribution < 1.29 is 14.7 Å². The van der Waals surface area contributed by atoms with Crippen LogP contribution in [0.3, 0.4) is 0 Å². The van der Waals surface area contributed by atoms with Crippen molar-refractivity contribution in [2.45, 2.75) is 6.54 Å². The van der Waals surface area contributed by atoms with E-state index in [1.54, 1.807) is 30.3 Å². The van der Waals surface area contributed by atoms with E-state index in [1.807, 2.05) is 0 Å². The molecule has 0 aliphatic heterocycles. The van der Waals surface area contributed by atoms with Gasteiger partial charge in [-0.2, -0.15) is 0 Å². The normalized spacial score (nSPS) is 10.7. The number of phenols is 1. The van der Waals surface area contributed by atoms with Crippen molar-refractivity contribution in [3.63, 3.8) is 0 Å². The van der Waals surface area contributed by atoms with Crippen molar-refractivity contribution in [2.75, 3.05) is 5.32 Å². The first-order chi connectivity index (χ1) is 10.1. The van der Waals surface area contributed by atoms with Crippen LogP contribution in [0.25, 0.3) is 11.0 Å². The smallest absolute Gasteiger partial charge is 0.300 e. The summed E-state index contributed by atoms with van der Waals surface area (Å²) in [6.07, 6.45) is 0. The fraction of sp³-hybridized carbons (Fsp3) is 0.0769. The largest absolute Gasteiger partial charge is 0.508 e. The molecule has 21 heavy (non-hydrogen) atoms. The number of anilines is 1. The van der Waals surface area contributed by atoms with Gasteiger partial charge >= 0.3 is 5.69 Å². The van der Waals surface area contributed by atoms with E-state index >= 15 is 0 Å². The minimum absolute atomic E-state index is 0.107. The molecule has 0 amide bonds. The van der Waals surface area contributed by atoms with Gasteiger partial charge in [0.05, 0.1) is 10.6 Å². The van der Waals surface area contributed by atoms with E-state index in [0.29, 0.717) is 17.7 Å². The van der Waals surface area contributed by atoms with Crippen LogP contribution in [0.15, 0.2) is 41.0 Å². The van der Waals surface area contributed by atoms with E-state index in [-0.39, 0.29) is 17.0 Å². The van der Waals surface area contributed by atoms with Crippen LogP contribution in [0, 0.1) is 10.1 Å². The summed E-state index contributed by atoms with van der Waals surface area (Å²) in [6, 6.07) is 9.62. The molecule has 0 aliphatic rings. The first-order valence-corrected chi connectivity index (χ1v) is 6.06. The lowest BCUT2D eigenvalue weighted by atomic mass is 10.2. The highest BCUT2D eigenvalue weighted by atomic mass is 16.6. The summed E-state index contributed by atoms with van der Waals surface area (Å²) in [6.45, 7) is 0.472. The van der Waals surface area contributed by atoms with E-state index < -0.39 is 4.92 Å². The number of rotatable bonds is 4. The molecular weight excluding hydrogens is 276 g/mol. The van der Waals surface area contributed by atoms with Crippen LogP contribution in [0.1, 0.15) is 5.56 Å². The number of hydrogen-bond donors (Lipinski definition) is 2. The number of fused-ring (bicyclic) bond motifs is 1. The predicted molar refractivity (Wildman–Crippen MR) is 73.9 cm³/mol. The van der Waals surface area contributed by atoms with E-state index in [4.69, 9.17) is 0 Å². The third kappa shape index (κ3) is 2.46. The molecule has 106 valence electrons. The van der Waals surface area contributed by atoms with E-state index in [9.17, 15) is 15.2 Å². The van der Waals surface area contributed by atoms with Gasteiger partial charge in [-0.3, -0.25) is 10.1 Å². The van der Waals surface area contributed by atoms with Gasteiger partial charge in [-0.05, 0) is 34.1 Å². The summed E-state index contributed by atoms with van der Waals surface area (Å²) in [5.74, 6) is 0.192. The van der Waals surface area contributed by atoms with Gasteiger partial charge in [-0.1, -0.05) is 12.1 Å². The fourth-order valence-electron chi connectivity index (χ4n) is 1.95. The summed E-state index contributed by atoms with van der Waals surface area (Å²) < 4.78 is 4.59. The van der Waals surface area contributed by atoms with Crippen molar-refractivity contribution in [1.29, 1.82) is 0 Å². The number of benzene rings is 2. The molecule has 2 aromatic carbocycles. The van der Waals surface area contributed by atoms with Crippen molar-refractivity contribution in [2.24, 2.45) is 0 Å². The second-order valence-electron chi connectivity index (χ2n) is 4.37. The Balaban J connectivity index is 1.88. The zero-order valence-corrected chi connectivity index (χ0v) is 10.7. The summed E-state index contributed by atoms with van der Waals surface area (Å²) in [7, 11) is 0. The maximum atomic E-state index is 10.9. The maximum absolute atomic E-state index is 10.9. The number of nitro groups is 1. The lowest BCUT2D eigenvalue weighted by Gasteiger charge is -2.06. The molecule has 3 rings (SSSR count). The number of non-ortho nitro benzene ring substituents is 1. The zero-order valence-electron chi connectivity index (χ0n) is 10.7. The molecule has 0 atom stereocenters. The number of phenolic OH excluding ortho intramolecular Hbond substituents is 1. The summed E-state index contributed by atoms with van der Waals surface area (Å²) in [5.41, 5.74) is 1.79. The Hall–Kier alpha value is -3.16. The quantitative estimate of drug-likeness (QED) is 0.559. The SMILES string of the molecule is O=[N+]([O-])c1ccc(NCc2ccc(O)cc2)c2nonc12. The molecule has 2 N–H and O–H groups in total. The molecule has 8 nitrogen and oxygen atoms in total. The summed E-state index contributed by atoms with van der Waals surface area (Å²) >= 11 is 0. The van der Waals surface area contributed by atoms with Gasteiger partial charge in [-0.15, -0.1) is 0 Å². The number of nitrogens with one attached hydrogen (secondary N) is 1. The molecule has 0 aliphatic carbocycles. The minimum Gasteiger partial charge on any atom is -0.508 e. The lowest BCUT2D eigenvalue weighted by molar-refractivity contribution is -0.383. The van der Waals surface area contributed by atoms with Gasteiger partial charge in [0.25, 0.3) is 0 Å². The molecule has 1 aromatic heterocycles. The van der Waals surface area contributed by atoms with Crippen LogP contribution in [0.4, 0.5) is 11.4 Å². The summed E-state index contributed by atoms with van der Waals surface area (Å²) in [5, 5.41) is 30.5. The Kier molecular flexibility index (Phi) is 3.11. The maximum Gasteiger partial charge on any atom is 0.300 e. The Morgan fingerprint density at radius 3 is 2.57 bits per heavy atom. The molecule has 0 saturated heterocycles. The summed E-state index contributed by atoms with van der Waals surface area (Å²) in [4.78, 5) is 10.4. The van der Waals surface area contributed by atoms with Gasteiger partial charge < -0.3 is 10.4 Å². The number of aromatic nitrogens is 2. The highest BCUT2D eigenvalue weighted by molar-refractivity contribution is 5.93. The second-order valence-corrected chi connectivity index (χ2v) is 4.37. The van der Waals surface area contributed by atoms with Crippen LogP contribution in [-0.2, 0) is 6.54 Å². The molecule has 0 spiro atoms. The first-order valence-electron chi connectivity index (χ1n) is 6.06. The average Bonchev–Trinajstić information content (AvgIpc) is 2.95. The molecule has 3 aromatic rings. The highest BCUT2D eigenvalue weighted by Gasteiger charge is 2.19. The molecule has 0 unspecified atom stereocenters. The molecule has 0 saturated carbocycles. The standard InChI is InChI=1S/C13H10N4O4/c18-9-3-1-8(2-4-9)7-14-10-5-6-11(17(19)20)13-12(10)15-21-16-13/h1-6,14,18H,7H2. The van der Waals surface area contributed by atoms with Crippen molar-refractivity contribution in [3.8, 4) is 5.75 Å². The molecule has 0 radical (unpaired) electrons. The van der Waals surface area contributed by atoms with E-state index in [0.717, 1.165) is 5.56 Å². The number of aromatic hydroxyl groups is 1. The second kappa shape index (κ2) is 5.08. The predicted octanol–water partition coefficient (Wildman–Crippen LogP) is 2.45. The van der Waals surface area contributed by atoms with Gasteiger partial charge in [0.1, 0.15) is 5.75 Å². The van der Waals surface area contributed by atoms with Crippen LogP contribution < -0.4 is 5.32 Å². The third-order valence-corrected chi connectivity index (χ3v) is 3.01. The van der Waals surface area contributed by atoms with Gasteiger partial charge in [-0.25, -0.2) is 4.63 Å². The Morgan fingerprint density at radius 2 is 1.86 bits per heavy atom. The molecule has 0 fully saturated rings. The van der Waals surface area contributed by atoms with E-state index in [2.05, 4.69) is 20.3 Å². The van der Waals surface area contributed by atoms with Crippen LogP contribution >= 0.6 is 0 Å². The molecule has 0 bridgehead atoms. The number of nitro benzene ring substituents is 1. The third-order valence-electron chi connectivity index (χ3n) is 3.01. The topological polar surface area (TPSA) is 114 Å². The molecule has 1 heterocycles. The van der Waals surface area contributed by atoms with Crippen molar-refractivity contribution >= 4 is 22.4 Å². The fourth-order valence-corrected chi connectivity index (χ4v) is 1.95. The van der Waals surface area contributed by atoms with Gasteiger partial charge in [0.15, 0.2) is 5.52 Å². The first kappa shape index (κ1) is 12.9. The number of hydrogen-bond acceptors (Lipinski definition) is 7. The molecular formula is C13H10N4O4.